The Kier molecular flexibility index (Phi) is 4.17. The van der Waals surface area contributed by atoms with Gasteiger partial charge in [-0.1, -0.05) is 0 Å². The molecule has 0 spiro atoms. The molecule has 0 fully saturated rings. The highest BCUT2D eigenvalue weighted by molar-refractivity contribution is 5.90. The molecule has 15 heavy (non-hydrogen) atoms. The number of carbonyl (C=O) groups excluding carboxylic acids is 1. The second kappa shape index (κ2) is 5.66. The van der Waals surface area contributed by atoms with Gasteiger partial charge in [-0.25, -0.2) is 9.97 Å². The second-order valence-electron chi connectivity index (χ2n) is 2.62. The van der Waals surface area contributed by atoms with Gasteiger partial charge in [0.2, 0.25) is 11.9 Å². The first-order valence-corrected chi connectivity index (χ1v) is 4.18. The molecule has 0 unspecified atom stereocenters. The SMILES string of the molecule is O=C(O)CNCC(=O)Nc1ncccn1. The Morgan fingerprint density at radius 3 is 2.53 bits per heavy atom. The molecular formula is C8H10N4O3. The van der Waals surface area contributed by atoms with E-state index in [0.29, 0.717) is 0 Å². The Hall–Kier alpha value is -2.02. The molecule has 7 nitrogen and oxygen atoms in total. The third-order valence-corrected chi connectivity index (χ3v) is 1.38. The van der Waals surface area contributed by atoms with E-state index in [9.17, 15) is 9.59 Å². The summed E-state index contributed by atoms with van der Waals surface area (Å²) < 4.78 is 0. The number of aliphatic carboxylic acids is 1. The molecule has 0 aromatic carbocycles. The molecule has 80 valence electrons. The maximum Gasteiger partial charge on any atom is 0.317 e. The van der Waals surface area contributed by atoms with Gasteiger partial charge in [-0.05, 0) is 6.07 Å². The lowest BCUT2D eigenvalue weighted by Crippen LogP contribution is -2.32. The van der Waals surface area contributed by atoms with Crippen molar-refractivity contribution in [3.63, 3.8) is 0 Å². The number of carboxylic acids is 1. The van der Waals surface area contributed by atoms with E-state index in [-0.39, 0.29) is 24.9 Å². The van der Waals surface area contributed by atoms with E-state index in [1.54, 1.807) is 6.07 Å². The molecule has 0 aliphatic heterocycles. The summed E-state index contributed by atoms with van der Waals surface area (Å²) >= 11 is 0. The van der Waals surface area contributed by atoms with Crippen molar-refractivity contribution in [2.75, 3.05) is 18.4 Å². The van der Waals surface area contributed by atoms with Crippen LogP contribution in [-0.4, -0.2) is 40.0 Å². The number of carboxylic acid groups (broad SMARTS) is 1. The van der Waals surface area contributed by atoms with Gasteiger partial charge in [0, 0.05) is 12.4 Å². The minimum absolute atomic E-state index is 0.0927. The number of nitrogens with zero attached hydrogens (tertiary/aromatic N) is 2. The van der Waals surface area contributed by atoms with Crippen LogP contribution in [-0.2, 0) is 9.59 Å². The maximum absolute atomic E-state index is 11.1. The fourth-order valence-corrected chi connectivity index (χ4v) is 0.816. The molecule has 0 atom stereocenters. The fourth-order valence-electron chi connectivity index (χ4n) is 0.816. The molecule has 0 saturated carbocycles. The number of nitrogens with one attached hydrogen (secondary N) is 2. The summed E-state index contributed by atoms with van der Waals surface area (Å²) in [5.74, 6) is -1.21. The molecule has 0 aliphatic rings. The van der Waals surface area contributed by atoms with Crippen molar-refractivity contribution < 1.29 is 14.7 Å². The Labute approximate surface area is 85.5 Å². The van der Waals surface area contributed by atoms with Crippen LogP contribution in [0.1, 0.15) is 0 Å². The van der Waals surface area contributed by atoms with Crippen molar-refractivity contribution in [2.45, 2.75) is 0 Å². The van der Waals surface area contributed by atoms with Crippen LogP contribution in [0.3, 0.4) is 0 Å². The number of hydrogen-bond donors (Lipinski definition) is 3. The van der Waals surface area contributed by atoms with Crippen molar-refractivity contribution in [1.82, 2.24) is 15.3 Å². The minimum Gasteiger partial charge on any atom is -0.480 e. The van der Waals surface area contributed by atoms with Gasteiger partial charge in [-0.3, -0.25) is 20.2 Å². The van der Waals surface area contributed by atoms with Crippen molar-refractivity contribution in [1.29, 1.82) is 0 Å². The lowest BCUT2D eigenvalue weighted by Gasteiger charge is -2.02. The summed E-state index contributed by atoms with van der Waals surface area (Å²) in [7, 11) is 0. The zero-order valence-electron chi connectivity index (χ0n) is 7.80. The van der Waals surface area contributed by atoms with Crippen molar-refractivity contribution in [3.05, 3.63) is 18.5 Å². The maximum atomic E-state index is 11.1. The Balaban J connectivity index is 2.28. The van der Waals surface area contributed by atoms with Gasteiger partial charge in [0.05, 0.1) is 13.1 Å². The van der Waals surface area contributed by atoms with Gasteiger partial charge >= 0.3 is 5.97 Å². The third-order valence-electron chi connectivity index (χ3n) is 1.38. The molecule has 1 rings (SSSR count). The van der Waals surface area contributed by atoms with Crippen LogP contribution < -0.4 is 10.6 Å². The molecule has 0 aliphatic carbocycles. The number of anilines is 1. The number of aromatic nitrogens is 2. The van der Waals surface area contributed by atoms with E-state index in [2.05, 4.69) is 20.6 Å². The van der Waals surface area contributed by atoms with Gasteiger partial charge in [-0.2, -0.15) is 0 Å². The summed E-state index contributed by atoms with van der Waals surface area (Å²) in [6.07, 6.45) is 2.99. The standard InChI is InChI=1S/C8H10N4O3/c13-6(4-9-5-7(14)15)12-8-10-2-1-3-11-8/h1-3,9H,4-5H2,(H,14,15)(H,10,11,12,13). The molecular weight excluding hydrogens is 200 g/mol. The monoisotopic (exact) mass is 210 g/mol. The van der Waals surface area contributed by atoms with Crippen LogP contribution in [0.2, 0.25) is 0 Å². The largest absolute Gasteiger partial charge is 0.480 e. The average Bonchev–Trinajstić information content (AvgIpc) is 2.18. The molecule has 1 aromatic heterocycles. The Bertz CT molecular complexity index is 341. The van der Waals surface area contributed by atoms with E-state index in [1.807, 2.05) is 0 Å². The highest BCUT2D eigenvalue weighted by Crippen LogP contribution is 1.92. The van der Waals surface area contributed by atoms with Crippen LogP contribution in [0.25, 0.3) is 0 Å². The predicted octanol–water partition coefficient (Wildman–Crippen LogP) is -0.911. The normalized spacial score (nSPS) is 9.60. The van der Waals surface area contributed by atoms with Crippen LogP contribution in [0.5, 0.6) is 0 Å². The molecule has 1 heterocycles. The lowest BCUT2D eigenvalue weighted by atomic mass is 10.5. The molecule has 1 aromatic rings. The number of carbonyl (C=O) groups is 2. The topological polar surface area (TPSA) is 104 Å². The van der Waals surface area contributed by atoms with Crippen LogP contribution in [0.4, 0.5) is 5.95 Å². The zero-order valence-corrected chi connectivity index (χ0v) is 7.80. The van der Waals surface area contributed by atoms with E-state index < -0.39 is 5.97 Å². The summed E-state index contributed by atoms with van der Waals surface area (Å²) in [6, 6.07) is 1.62. The van der Waals surface area contributed by atoms with Crippen molar-refractivity contribution in [2.24, 2.45) is 0 Å². The molecule has 0 bridgehead atoms. The Morgan fingerprint density at radius 2 is 1.93 bits per heavy atom. The van der Waals surface area contributed by atoms with Crippen LogP contribution in [0, 0.1) is 0 Å². The van der Waals surface area contributed by atoms with Gasteiger partial charge in [-0.15, -0.1) is 0 Å². The second-order valence-corrected chi connectivity index (χ2v) is 2.62. The molecule has 7 heteroatoms. The smallest absolute Gasteiger partial charge is 0.317 e. The first-order chi connectivity index (χ1) is 7.18. The first kappa shape index (κ1) is 11.1. The summed E-state index contributed by atoms with van der Waals surface area (Å²) in [6.45, 7) is -0.354. The van der Waals surface area contributed by atoms with Crippen LogP contribution in [0.15, 0.2) is 18.5 Å². The van der Waals surface area contributed by atoms with E-state index in [0.717, 1.165) is 0 Å². The lowest BCUT2D eigenvalue weighted by molar-refractivity contribution is -0.135. The third kappa shape index (κ3) is 4.67. The number of hydrogen-bond acceptors (Lipinski definition) is 5. The minimum atomic E-state index is -1.02. The van der Waals surface area contributed by atoms with E-state index >= 15 is 0 Å². The highest BCUT2D eigenvalue weighted by atomic mass is 16.4. The number of amides is 1. The molecule has 1 amide bonds. The van der Waals surface area contributed by atoms with Gasteiger partial charge in [0.15, 0.2) is 0 Å². The summed E-state index contributed by atoms with van der Waals surface area (Å²) in [4.78, 5) is 28.8. The molecule has 0 saturated heterocycles. The predicted molar refractivity (Wildman–Crippen MR) is 51.2 cm³/mol. The van der Waals surface area contributed by atoms with E-state index in [4.69, 9.17) is 5.11 Å². The quantitative estimate of drug-likeness (QED) is 0.581. The highest BCUT2D eigenvalue weighted by Gasteiger charge is 2.03. The van der Waals surface area contributed by atoms with E-state index in [1.165, 1.54) is 12.4 Å². The fraction of sp³-hybridized carbons (Fsp3) is 0.250. The summed E-state index contributed by atoms with van der Waals surface area (Å²) in [5, 5.41) is 13.1. The van der Waals surface area contributed by atoms with Crippen molar-refractivity contribution >= 4 is 17.8 Å². The van der Waals surface area contributed by atoms with Gasteiger partial charge < -0.3 is 5.11 Å². The molecule has 3 N–H and O–H groups in total. The van der Waals surface area contributed by atoms with Gasteiger partial charge in [0.1, 0.15) is 0 Å². The van der Waals surface area contributed by atoms with Crippen LogP contribution >= 0.6 is 0 Å². The number of rotatable bonds is 5. The molecule has 0 radical (unpaired) electrons. The van der Waals surface area contributed by atoms with Crippen molar-refractivity contribution in [3.8, 4) is 0 Å². The summed E-state index contributed by atoms with van der Waals surface area (Å²) in [5.41, 5.74) is 0. The Morgan fingerprint density at radius 1 is 1.27 bits per heavy atom. The first-order valence-electron chi connectivity index (χ1n) is 4.18. The zero-order chi connectivity index (χ0) is 11.1. The van der Waals surface area contributed by atoms with Gasteiger partial charge in [0.25, 0.3) is 0 Å². The average molecular weight is 210 g/mol.